The molecule has 1 aliphatic rings. The van der Waals surface area contributed by atoms with Crippen molar-refractivity contribution in [3.05, 3.63) is 47.1 Å². The monoisotopic (exact) mass is 398 g/mol. The Kier molecular flexibility index (Phi) is 5.34. The van der Waals surface area contributed by atoms with Crippen LogP contribution in [0.2, 0.25) is 0 Å². The number of hydrogen-bond donors (Lipinski definition) is 1. The lowest BCUT2D eigenvalue weighted by Gasteiger charge is -2.22. The number of benzene rings is 1. The molecule has 28 heavy (non-hydrogen) atoms. The van der Waals surface area contributed by atoms with Gasteiger partial charge >= 0.3 is 6.03 Å². The van der Waals surface area contributed by atoms with Gasteiger partial charge in [-0.1, -0.05) is 60.7 Å². The van der Waals surface area contributed by atoms with Crippen molar-refractivity contribution in [1.29, 1.82) is 0 Å². The highest BCUT2D eigenvalue weighted by molar-refractivity contribution is 7.14. The molecule has 0 radical (unpaired) electrons. The van der Waals surface area contributed by atoms with Gasteiger partial charge < -0.3 is 14.7 Å². The van der Waals surface area contributed by atoms with Gasteiger partial charge in [0.1, 0.15) is 10.0 Å². The molecule has 1 fully saturated rings. The molecule has 2 aromatic heterocycles. The molecule has 0 bridgehead atoms. The van der Waals surface area contributed by atoms with E-state index >= 15 is 0 Å². The maximum atomic E-state index is 12.7. The van der Waals surface area contributed by atoms with Crippen molar-refractivity contribution in [3.63, 3.8) is 0 Å². The molecule has 1 N–H and O–H groups in total. The molecule has 3 heterocycles. The fourth-order valence-electron chi connectivity index (χ4n) is 3.17. The van der Waals surface area contributed by atoms with Crippen LogP contribution < -0.4 is 5.32 Å². The lowest BCUT2D eigenvalue weighted by molar-refractivity contribution is 0.189. The fraction of sp³-hybridized carbons (Fsp3) is 0.421. The van der Waals surface area contributed by atoms with E-state index in [4.69, 9.17) is 4.52 Å². The third-order valence-electron chi connectivity index (χ3n) is 4.64. The average molecular weight is 398 g/mol. The Balaban J connectivity index is 1.38. The van der Waals surface area contributed by atoms with E-state index in [0.29, 0.717) is 24.8 Å². The van der Waals surface area contributed by atoms with Crippen LogP contribution in [0.1, 0.15) is 55.4 Å². The Bertz CT molecular complexity index is 939. The zero-order chi connectivity index (χ0) is 19.5. The molecule has 146 valence electrons. The zero-order valence-corrected chi connectivity index (χ0v) is 16.6. The number of carbonyl (C=O) groups is 1. The summed E-state index contributed by atoms with van der Waals surface area (Å²) < 4.78 is 5.30. The number of nitrogens with one attached hydrogen (secondary N) is 1. The summed E-state index contributed by atoms with van der Waals surface area (Å²) in [5.41, 5.74) is 1.02. The van der Waals surface area contributed by atoms with Crippen LogP contribution in [0.15, 0.2) is 34.9 Å². The van der Waals surface area contributed by atoms with Crippen LogP contribution in [0.25, 0.3) is 10.6 Å². The van der Waals surface area contributed by atoms with Gasteiger partial charge in [-0.05, 0) is 12.8 Å². The molecule has 1 atom stereocenters. The minimum Gasteiger partial charge on any atom is -0.339 e. The SMILES string of the molecule is CC(C)c1nc(C2CCCN2C(=O)NCc2nnc(-c3ccccc3)s2)no1. The van der Waals surface area contributed by atoms with Crippen molar-refractivity contribution in [2.45, 2.75) is 45.2 Å². The summed E-state index contributed by atoms with van der Waals surface area (Å²) in [6.07, 6.45) is 1.75. The van der Waals surface area contributed by atoms with Gasteiger partial charge in [-0.15, -0.1) is 10.2 Å². The number of hydrogen-bond acceptors (Lipinski definition) is 7. The second kappa shape index (κ2) is 8.05. The first kappa shape index (κ1) is 18.5. The molecule has 0 aliphatic carbocycles. The number of aromatic nitrogens is 4. The number of rotatable bonds is 5. The van der Waals surface area contributed by atoms with Crippen molar-refractivity contribution in [2.24, 2.45) is 0 Å². The molecular formula is C19H22N6O2S. The van der Waals surface area contributed by atoms with Crippen molar-refractivity contribution in [2.75, 3.05) is 6.54 Å². The Morgan fingerprint density at radius 1 is 1.32 bits per heavy atom. The summed E-state index contributed by atoms with van der Waals surface area (Å²) in [6.45, 7) is 5.02. The molecule has 1 aromatic carbocycles. The standard InChI is InChI=1S/C19H22N6O2S/c1-12(2)17-21-16(24-27-17)14-9-6-10-25(14)19(26)20-11-15-22-23-18(28-15)13-7-4-3-5-8-13/h3-5,7-8,12,14H,6,9-11H2,1-2H3,(H,20,26). The first-order chi connectivity index (χ1) is 13.6. The van der Waals surface area contributed by atoms with Crippen LogP contribution >= 0.6 is 11.3 Å². The Hall–Kier alpha value is -2.81. The van der Waals surface area contributed by atoms with Gasteiger partial charge in [0.25, 0.3) is 0 Å². The predicted molar refractivity (Wildman–Crippen MR) is 105 cm³/mol. The molecule has 1 saturated heterocycles. The molecule has 9 heteroatoms. The molecule has 8 nitrogen and oxygen atoms in total. The largest absolute Gasteiger partial charge is 0.339 e. The normalized spacial score (nSPS) is 16.7. The third kappa shape index (κ3) is 3.89. The topological polar surface area (TPSA) is 97.0 Å². The van der Waals surface area contributed by atoms with Crippen LogP contribution in [-0.4, -0.2) is 37.8 Å². The highest BCUT2D eigenvalue weighted by atomic mass is 32.1. The minimum atomic E-state index is -0.148. The molecular weight excluding hydrogens is 376 g/mol. The number of nitrogens with zero attached hydrogens (tertiary/aromatic N) is 5. The van der Waals surface area contributed by atoms with Gasteiger partial charge in [-0.2, -0.15) is 4.98 Å². The molecule has 1 aliphatic heterocycles. The summed E-state index contributed by atoms with van der Waals surface area (Å²) in [5, 5.41) is 17.0. The quantitative estimate of drug-likeness (QED) is 0.703. The van der Waals surface area contributed by atoms with Crippen molar-refractivity contribution < 1.29 is 9.32 Å². The summed E-state index contributed by atoms with van der Waals surface area (Å²) in [6, 6.07) is 9.59. The third-order valence-corrected chi connectivity index (χ3v) is 5.61. The average Bonchev–Trinajstić information content (AvgIpc) is 3.46. The minimum absolute atomic E-state index is 0.144. The van der Waals surface area contributed by atoms with E-state index in [2.05, 4.69) is 25.7 Å². The van der Waals surface area contributed by atoms with Crippen LogP contribution in [0.4, 0.5) is 4.79 Å². The summed E-state index contributed by atoms with van der Waals surface area (Å²) in [5.74, 6) is 1.35. The van der Waals surface area contributed by atoms with Gasteiger partial charge in [-0.25, -0.2) is 4.79 Å². The molecule has 0 spiro atoms. The molecule has 3 aromatic rings. The smallest absolute Gasteiger partial charge is 0.318 e. The second-order valence-corrected chi connectivity index (χ2v) is 8.08. The van der Waals surface area contributed by atoms with E-state index in [1.807, 2.05) is 44.2 Å². The summed E-state index contributed by atoms with van der Waals surface area (Å²) in [4.78, 5) is 18.9. The fourth-order valence-corrected chi connectivity index (χ4v) is 3.96. The van der Waals surface area contributed by atoms with E-state index in [1.54, 1.807) is 4.90 Å². The first-order valence-electron chi connectivity index (χ1n) is 9.37. The number of carbonyl (C=O) groups excluding carboxylic acids is 1. The van der Waals surface area contributed by atoms with Crippen LogP contribution in [0, 0.1) is 0 Å². The summed E-state index contributed by atoms with van der Waals surface area (Å²) in [7, 11) is 0. The van der Waals surface area contributed by atoms with Crippen LogP contribution in [0.5, 0.6) is 0 Å². The van der Waals surface area contributed by atoms with Crippen LogP contribution in [0.3, 0.4) is 0 Å². The van der Waals surface area contributed by atoms with E-state index < -0.39 is 0 Å². The molecule has 0 saturated carbocycles. The van der Waals surface area contributed by atoms with Gasteiger partial charge in [0.15, 0.2) is 5.82 Å². The number of urea groups is 1. The van der Waals surface area contributed by atoms with Crippen molar-refractivity contribution >= 4 is 17.4 Å². The van der Waals surface area contributed by atoms with Gasteiger partial charge in [0.2, 0.25) is 5.89 Å². The molecule has 4 rings (SSSR count). The molecule has 2 amide bonds. The number of amides is 2. The predicted octanol–water partition coefficient (Wildman–Crippen LogP) is 3.76. The summed E-state index contributed by atoms with van der Waals surface area (Å²) >= 11 is 1.48. The zero-order valence-electron chi connectivity index (χ0n) is 15.8. The highest BCUT2D eigenvalue weighted by Gasteiger charge is 2.33. The molecule has 1 unspecified atom stereocenters. The lowest BCUT2D eigenvalue weighted by atomic mass is 10.2. The van der Waals surface area contributed by atoms with Crippen molar-refractivity contribution in [1.82, 2.24) is 30.6 Å². The van der Waals surface area contributed by atoms with Gasteiger partial charge in [0, 0.05) is 18.0 Å². The van der Waals surface area contributed by atoms with Gasteiger partial charge in [0.05, 0.1) is 12.6 Å². The first-order valence-corrected chi connectivity index (χ1v) is 10.2. The van der Waals surface area contributed by atoms with Crippen molar-refractivity contribution in [3.8, 4) is 10.6 Å². The Morgan fingerprint density at radius 3 is 2.89 bits per heavy atom. The van der Waals surface area contributed by atoms with E-state index in [1.165, 1.54) is 11.3 Å². The van der Waals surface area contributed by atoms with E-state index in [-0.39, 0.29) is 18.0 Å². The Labute approximate surface area is 167 Å². The maximum Gasteiger partial charge on any atom is 0.318 e. The Morgan fingerprint density at radius 2 is 2.14 bits per heavy atom. The second-order valence-electron chi connectivity index (χ2n) is 7.02. The van der Waals surface area contributed by atoms with Crippen LogP contribution in [-0.2, 0) is 6.54 Å². The lowest BCUT2D eigenvalue weighted by Crippen LogP contribution is -2.39. The highest BCUT2D eigenvalue weighted by Crippen LogP contribution is 2.31. The maximum absolute atomic E-state index is 12.7. The van der Waals surface area contributed by atoms with E-state index in [9.17, 15) is 4.79 Å². The van der Waals surface area contributed by atoms with Gasteiger partial charge in [-0.3, -0.25) is 0 Å². The van der Waals surface area contributed by atoms with E-state index in [0.717, 1.165) is 28.4 Å². The number of likely N-dealkylation sites (tertiary alicyclic amines) is 1.